The molecule has 1 heterocycles. The number of nitrogens with zero attached hydrogens (tertiary/aromatic N) is 1. The van der Waals surface area contributed by atoms with E-state index in [1.54, 1.807) is 32.9 Å². The van der Waals surface area contributed by atoms with Crippen molar-refractivity contribution in [2.75, 3.05) is 26.2 Å². The first-order chi connectivity index (χ1) is 22.0. The number of rotatable bonds is 16. The van der Waals surface area contributed by atoms with E-state index in [0.29, 0.717) is 18.8 Å². The number of nitrogens with one attached hydrogen (secondary N) is 3. The molecule has 2 aromatic carbocycles. The van der Waals surface area contributed by atoms with Crippen molar-refractivity contribution < 1.29 is 32.6 Å². The third-order valence-electron chi connectivity index (χ3n) is 7.82. The van der Waals surface area contributed by atoms with Crippen LogP contribution in [0.2, 0.25) is 0 Å². The van der Waals surface area contributed by atoms with Gasteiger partial charge in [0.05, 0.1) is 30.2 Å². The number of ether oxygens (including phenoxy) is 1. The summed E-state index contributed by atoms with van der Waals surface area (Å²) in [7, 11) is -4.01. The zero-order chi connectivity index (χ0) is 34.9. The first kappa shape index (κ1) is 38.0. The summed E-state index contributed by atoms with van der Waals surface area (Å²) >= 11 is 0. The van der Waals surface area contributed by atoms with Crippen LogP contribution < -0.4 is 20.7 Å². The van der Waals surface area contributed by atoms with E-state index in [2.05, 4.69) is 16.0 Å². The Bertz CT molecular complexity index is 1470. The Hall–Kier alpha value is -3.48. The number of aliphatic hydroxyl groups excluding tert-OH is 1. The molecule has 0 fully saturated rings. The minimum Gasteiger partial charge on any atom is -0.493 e. The van der Waals surface area contributed by atoms with Gasteiger partial charge in [0.2, 0.25) is 27.7 Å². The highest BCUT2D eigenvalue weighted by Gasteiger charge is 2.37. The summed E-state index contributed by atoms with van der Waals surface area (Å²) in [6.45, 7) is 13.1. The molecule has 11 nitrogen and oxygen atoms in total. The second-order valence-corrected chi connectivity index (χ2v) is 16.1. The summed E-state index contributed by atoms with van der Waals surface area (Å²) in [5, 5.41) is 19.9. The van der Waals surface area contributed by atoms with E-state index in [1.807, 2.05) is 58.0 Å². The van der Waals surface area contributed by atoms with E-state index in [0.717, 1.165) is 11.1 Å². The van der Waals surface area contributed by atoms with E-state index in [-0.39, 0.29) is 55.1 Å². The number of carbonyl (C=O) groups is 3. The molecule has 4 N–H and O–H groups in total. The van der Waals surface area contributed by atoms with Gasteiger partial charge in [-0.1, -0.05) is 78.8 Å². The van der Waals surface area contributed by atoms with Crippen LogP contribution in [0, 0.1) is 17.3 Å². The average Bonchev–Trinajstić information content (AvgIpc) is 3.45. The number of hydrogen-bond acceptors (Lipinski definition) is 7. The van der Waals surface area contributed by atoms with Crippen molar-refractivity contribution in [3.05, 3.63) is 59.7 Å². The number of benzene rings is 2. The summed E-state index contributed by atoms with van der Waals surface area (Å²) in [6, 6.07) is 12.2. The fraction of sp³-hybridized carbons (Fsp3) is 0.571. The SMILES string of the molecule is CC(C)CC(=O)NCC(=O)NC(C(=O)NC(Cc1ccccc1)C(O)CN(CC(C)C)S(=O)(=O)c1ccc2c(c1)CCO2)C(C)(C)C. The average molecular weight is 673 g/mol. The van der Waals surface area contributed by atoms with Crippen LogP contribution in [-0.2, 0) is 37.2 Å². The smallest absolute Gasteiger partial charge is 0.243 e. The number of hydrogen-bond donors (Lipinski definition) is 4. The molecule has 3 amide bonds. The van der Waals surface area contributed by atoms with E-state index >= 15 is 0 Å². The molecule has 12 heteroatoms. The monoisotopic (exact) mass is 672 g/mol. The number of aliphatic hydroxyl groups is 1. The quantitative estimate of drug-likeness (QED) is 0.214. The zero-order valence-electron chi connectivity index (χ0n) is 28.7. The predicted octanol–water partition coefficient (Wildman–Crippen LogP) is 3.05. The van der Waals surface area contributed by atoms with E-state index < -0.39 is 45.4 Å². The number of carbonyl (C=O) groups excluding carboxylic acids is 3. The van der Waals surface area contributed by atoms with Crippen molar-refractivity contribution in [1.29, 1.82) is 0 Å². The summed E-state index contributed by atoms with van der Waals surface area (Å²) in [5.74, 6) is -0.551. The van der Waals surface area contributed by atoms with Crippen LogP contribution in [0.4, 0.5) is 0 Å². The second-order valence-electron chi connectivity index (χ2n) is 14.2. The van der Waals surface area contributed by atoms with Gasteiger partial charge in [-0.15, -0.1) is 0 Å². The lowest BCUT2D eigenvalue weighted by Gasteiger charge is -2.34. The molecule has 0 saturated carbocycles. The standard InChI is InChI=1S/C35H52N4O7S/c1-23(2)17-31(41)36-20-32(42)38-33(35(5,6)7)34(43)37-28(18-25-11-9-8-10-12-25)29(40)22-39(21-24(3)4)47(44,45)27-13-14-30-26(19-27)15-16-46-30/h8-14,19,23-24,28-29,33,40H,15-18,20-22H2,1-7H3,(H,36,41)(H,37,43)(H,38,42). The minimum absolute atomic E-state index is 0.0431. The third kappa shape index (κ3) is 11.3. The Labute approximate surface area is 279 Å². The van der Waals surface area contributed by atoms with Crippen LogP contribution in [-0.4, -0.2) is 80.0 Å². The van der Waals surface area contributed by atoms with Crippen LogP contribution in [0.1, 0.15) is 66.0 Å². The molecule has 0 saturated heterocycles. The minimum atomic E-state index is -4.01. The maximum atomic E-state index is 13.9. The van der Waals surface area contributed by atoms with Gasteiger partial charge in [0.25, 0.3) is 0 Å². The van der Waals surface area contributed by atoms with Crippen molar-refractivity contribution in [2.45, 2.75) is 90.8 Å². The van der Waals surface area contributed by atoms with Gasteiger partial charge in [0.15, 0.2) is 0 Å². The van der Waals surface area contributed by atoms with Crippen molar-refractivity contribution in [3.8, 4) is 5.75 Å². The van der Waals surface area contributed by atoms with Gasteiger partial charge in [0, 0.05) is 25.9 Å². The second kappa shape index (κ2) is 16.6. The van der Waals surface area contributed by atoms with Crippen molar-refractivity contribution in [3.63, 3.8) is 0 Å². The zero-order valence-corrected chi connectivity index (χ0v) is 29.5. The van der Waals surface area contributed by atoms with E-state index in [4.69, 9.17) is 4.74 Å². The van der Waals surface area contributed by atoms with E-state index in [9.17, 15) is 27.9 Å². The van der Waals surface area contributed by atoms with Gasteiger partial charge in [-0.2, -0.15) is 4.31 Å². The number of amides is 3. The molecule has 260 valence electrons. The largest absolute Gasteiger partial charge is 0.493 e. The lowest BCUT2D eigenvalue weighted by atomic mass is 9.85. The lowest BCUT2D eigenvalue weighted by Crippen LogP contribution is -2.59. The van der Waals surface area contributed by atoms with E-state index in [1.165, 1.54) is 10.4 Å². The predicted molar refractivity (Wildman–Crippen MR) is 181 cm³/mol. The molecule has 2 aromatic rings. The molecule has 3 rings (SSSR count). The number of sulfonamides is 1. The van der Waals surface area contributed by atoms with Gasteiger partial charge in [-0.25, -0.2) is 8.42 Å². The summed E-state index contributed by atoms with van der Waals surface area (Å²) in [5.41, 5.74) is 0.923. The fourth-order valence-corrected chi connectivity index (χ4v) is 7.09. The van der Waals surface area contributed by atoms with Gasteiger partial charge in [0.1, 0.15) is 11.8 Å². The van der Waals surface area contributed by atoms with Crippen molar-refractivity contribution in [1.82, 2.24) is 20.3 Å². The molecule has 0 aliphatic carbocycles. The first-order valence-corrected chi connectivity index (χ1v) is 17.8. The number of fused-ring (bicyclic) bond motifs is 1. The normalized spacial score (nSPS) is 15.1. The van der Waals surface area contributed by atoms with Crippen molar-refractivity contribution in [2.24, 2.45) is 17.3 Å². The summed E-state index contributed by atoms with van der Waals surface area (Å²) in [6.07, 6.45) is -0.181. The van der Waals surface area contributed by atoms with Crippen LogP contribution >= 0.6 is 0 Å². The topological polar surface area (TPSA) is 154 Å². The van der Waals surface area contributed by atoms with Crippen LogP contribution in [0.3, 0.4) is 0 Å². The fourth-order valence-electron chi connectivity index (χ4n) is 5.41. The van der Waals surface area contributed by atoms with Crippen LogP contribution in [0.25, 0.3) is 0 Å². The third-order valence-corrected chi connectivity index (χ3v) is 9.65. The van der Waals surface area contributed by atoms with Gasteiger partial charge < -0.3 is 25.8 Å². The van der Waals surface area contributed by atoms with Gasteiger partial charge in [-0.05, 0) is 53.0 Å². The Morgan fingerprint density at radius 2 is 1.62 bits per heavy atom. The Morgan fingerprint density at radius 3 is 2.23 bits per heavy atom. The Balaban J connectivity index is 1.85. The van der Waals surface area contributed by atoms with Gasteiger partial charge in [-0.3, -0.25) is 14.4 Å². The van der Waals surface area contributed by atoms with Crippen molar-refractivity contribution >= 4 is 27.7 Å². The molecule has 1 aliphatic heterocycles. The highest BCUT2D eigenvalue weighted by molar-refractivity contribution is 7.89. The molecule has 3 atom stereocenters. The first-order valence-electron chi connectivity index (χ1n) is 16.3. The molecule has 47 heavy (non-hydrogen) atoms. The lowest BCUT2D eigenvalue weighted by molar-refractivity contribution is -0.133. The molecule has 0 aromatic heterocycles. The maximum Gasteiger partial charge on any atom is 0.243 e. The molecule has 3 unspecified atom stereocenters. The Morgan fingerprint density at radius 1 is 0.936 bits per heavy atom. The maximum absolute atomic E-state index is 13.9. The molecular weight excluding hydrogens is 620 g/mol. The molecular formula is C35H52N4O7S. The molecule has 1 aliphatic rings. The van der Waals surface area contributed by atoms with Crippen LogP contribution in [0.5, 0.6) is 5.75 Å². The molecule has 0 radical (unpaired) electrons. The Kier molecular flexibility index (Phi) is 13.4. The van der Waals surface area contributed by atoms with Crippen LogP contribution in [0.15, 0.2) is 53.4 Å². The highest BCUT2D eigenvalue weighted by atomic mass is 32.2. The molecule has 0 spiro atoms. The summed E-state index contributed by atoms with van der Waals surface area (Å²) in [4.78, 5) is 38.9. The highest BCUT2D eigenvalue weighted by Crippen LogP contribution is 2.29. The summed E-state index contributed by atoms with van der Waals surface area (Å²) < 4.78 is 34.7. The molecule has 0 bridgehead atoms. The van der Waals surface area contributed by atoms with Gasteiger partial charge >= 0.3 is 0 Å².